The first-order valence-corrected chi connectivity index (χ1v) is 8.21. The second-order valence-electron chi connectivity index (χ2n) is 6.47. The highest BCUT2D eigenvalue weighted by Gasteiger charge is 2.27. The molecule has 1 saturated carbocycles. The first-order valence-electron chi connectivity index (χ1n) is 8.21. The van der Waals surface area contributed by atoms with Gasteiger partial charge in [-0.15, -0.1) is 0 Å². The van der Waals surface area contributed by atoms with Gasteiger partial charge in [0.2, 0.25) is 5.91 Å². The number of piperazine rings is 1. The minimum absolute atomic E-state index is 0.343. The van der Waals surface area contributed by atoms with Crippen molar-refractivity contribution in [2.75, 3.05) is 13.1 Å². The molecular weight excluding hydrogens is 236 g/mol. The average molecular weight is 266 g/mol. The van der Waals surface area contributed by atoms with Crippen LogP contribution in [-0.4, -0.2) is 36.0 Å². The van der Waals surface area contributed by atoms with E-state index in [4.69, 9.17) is 0 Å². The zero-order valence-corrected chi connectivity index (χ0v) is 12.7. The normalized spacial score (nSPS) is 29.5. The van der Waals surface area contributed by atoms with E-state index in [1.54, 1.807) is 0 Å². The Kier molecular flexibility index (Phi) is 5.68. The number of carbonyl (C=O) groups is 1. The molecule has 2 rings (SSSR count). The Morgan fingerprint density at radius 2 is 1.95 bits per heavy atom. The van der Waals surface area contributed by atoms with Crippen molar-refractivity contribution in [1.82, 2.24) is 10.2 Å². The zero-order chi connectivity index (χ0) is 13.7. The maximum atomic E-state index is 12.3. The van der Waals surface area contributed by atoms with Gasteiger partial charge in [0.05, 0.1) is 0 Å². The molecule has 110 valence electrons. The standard InChI is InChI=1S/C16H30N2O/c1-13-14(2)18(12-11-17-13)16(19)10-6-9-15-7-4-3-5-8-15/h13-15,17H,3-12H2,1-2H3. The summed E-state index contributed by atoms with van der Waals surface area (Å²) in [6.45, 7) is 6.16. The Labute approximate surface area is 118 Å². The van der Waals surface area contributed by atoms with Crippen LogP contribution in [0.4, 0.5) is 0 Å². The number of hydrogen-bond acceptors (Lipinski definition) is 2. The van der Waals surface area contributed by atoms with E-state index in [1.807, 2.05) is 0 Å². The lowest BCUT2D eigenvalue weighted by Gasteiger charge is -2.38. The number of nitrogens with zero attached hydrogens (tertiary/aromatic N) is 1. The van der Waals surface area contributed by atoms with Gasteiger partial charge in [0.1, 0.15) is 0 Å². The second kappa shape index (κ2) is 7.28. The van der Waals surface area contributed by atoms with Gasteiger partial charge in [-0.2, -0.15) is 0 Å². The molecule has 0 spiro atoms. The van der Waals surface area contributed by atoms with Gasteiger partial charge in [-0.25, -0.2) is 0 Å². The number of rotatable bonds is 4. The lowest BCUT2D eigenvalue weighted by Crippen LogP contribution is -2.57. The summed E-state index contributed by atoms with van der Waals surface area (Å²) in [6, 6.07) is 0.770. The summed E-state index contributed by atoms with van der Waals surface area (Å²) < 4.78 is 0. The minimum atomic E-state index is 0.343. The van der Waals surface area contributed by atoms with Gasteiger partial charge in [0.15, 0.2) is 0 Å². The molecule has 1 amide bonds. The van der Waals surface area contributed by atoms with E-state index in [0.29, 0.717) is 18.0 Å². The number of hydrogen-bond donors (Lipinski definition) is 1. The molecule has 2 fully saturated rings. The molecule has 1 aliphatic heterocycles. The van der Waals surface area contributed by atoms with Crippen LogP contribution in [0, 0.1) is 5.92 Å². The van der Waals surface area contributed by atoms with Gasteiger partial charge in [-0.05, 0) is 32.6 Å². The molecule has 2 unspecified atom stereocenters. The third-order valence-corrected chi connectivity index (χ3v) is 5.08. The van der Waals surface area contributed by atoms with Crippen LogP contribution in [-0.2, 0) is 4.79 Å². The highest BCUT2D eigenvalue weighted by molar-refractivity contribution is 5.76. The molecule has 0 aromatic rings. The Balaban J connectivity index is 1.68. The summed E-state index contributed by atoms with van der Waals surface area (Å²) in [4.78, 5) is 14.4. The molecule has 1 N–H and O–H groups in total. The second-order valence-corrected chi connectivity index (χ2v) is 6.47. The monoisotopic (exact) mass is 266 g/mol. The summed E-state index contributed by atoms with van der Waals surface area (Å²) in [5, 5.41) is 3.43. The van der Waals surface area contributed by atoms with Crippen LogP contribution in [0.2, 0.25) is 0 Å². The maximum Gasteiger partial charge on any atom is 0.222 e. The molecule has 1 aliphatic carbocycles. The van der Waals surface area contributed by atoms with Gasteiger partial charge >= 0.3 is 0 Å². The van der Waals surface area contributed by atoms with E-state index in [2.05, 4.69) is 24.1 Å². The Hall–Kier alpha value is -0.570. The average Bonchev–Trinajstić information content (AvgIpc) is 2.43. The predicted molar refractivity (Wildman–Crippen MR) is 79.1 cm³/mol. The fourth-order valence-corrected chi connectivity index (χ4v) is 3.57. The molecular formula is C16H30N2O. The van der Waals surface area contributed by atoms with E-state index in [9.17, 15) is 4.79 Å². The molecule has 3 nitrogen and oxygen atoms in total. The van der Waals surface area contributed by atoms with Gasteiger partial charge < -0.3 is 10.2 Å². The van der Waals surface area contributed by atoms with Crippen molar-refractivity contribution in [3.05, 3.63) is 0 Å². The molecule has 2 atom stereocenters. The lowest BCUT2D eigenvalue weighted by molar-refractivity contribution is -0.135. The van der Waals surface area contributed by atoms with Crippen molar-refractivity contribution in [1.29, 1.82) is 0 Å². The smallest absolute Gasteiger partial charge is 0.222 e. The first-order chi connectivity index (χ1) is 9.18. The molecule has 2 aliphatic rings. The lowest BCUT2D eigenvalue weighted by atomic mass is 9.86. The van der Waals surface area contributed by atoms with E-state index >= 15 is 0 Å². The molecule has 0 bridgehead atoms. The van der Waals surface area contributed by atoms with Crippen LogP contribution in [0.15, 0.2) is 0 Å². The fraction of sp³-hybridized carbons (Fsp3) is 0.938. The van der Waals surface area contributed by atoms with Crippen LogP contribution < -0.4 is 5.32 Å². The van der Waals surface area contributed by atoms with Crippen LogP contribution in [0.5, 0.6) is 0 Å². The Morgan fingerprint density at radius 1 is 1.21 bits per heavy atom. The van der Waals surface area contributed by atoms with Crippen LogP contribution in [0.3, 0.4) is 0 Å². The molecule has 0 aromatic heterocycles. The molecule has 0 radical (unpaired) electrons. The molecule has 19 heavy (non-hydrogen) atoms. The van der Waals surface area contributed by atoms with Gasteiger partial charge in [-0.3, -0.25) is 4.79 Å². The van der Waals surface area contributed by atoms with Crippen LogP contribution in [0.1, 0.15) is 65.2 Å². The summed E-state index contributed by atoms with van der Waals surface area (Å²) in [5.74, 6) is 1.28. The van der Waals surface area contributed by atoms with E-state index in [-0.39, 0.29) is 0 Å². The first kappa shape index (κ1) is 14.8. The van der Waals surface area contributed by atoms with E-state index in [0.717, 1.165) is 31.8 Å². The predicted octanol–water partition coefficient (Wildman–Crippen LogP) is 2.95. The minimum Gasteiger partial charge on any atom is -0.337 e. The van der Waals surface area contributed by atoms with Crippen molar-refractivity contribution in [2.45, 2.75) is 77.3 Å². The molecule has 0 aromatic carbocycles. The quantitative estimate of drug-likeness (QED) is 0.848. The molecule has 1 heterocycles. The summed E-state index contributed by atoms with van der Waals surface area (Å²) in [6.07, 6.45) is 10.1. The largest absolute Gasteiger partial charge is 0.337 e. The molecule has 1 saturated heterocycles. The number of nitrogens with one attached hydrogen (secondary N) is 1. The summed E-state index contributed by atoms with van der Waals surface area (Å²) in [7, 11) is 0. The van der Waals surface area contributed by atoms with Crippen LogP contribution in [0.25, 0.3) is 0 Å². The maximum absolute atomic E-state index is 12.3. The zero-order valence-electron chi connectivity index (χ0n) is 12.7. The summed E-state index contributed by atoms with van der Waals surface area (Å²) in [5.41, 5.74) is 0. The highest BCUT2D eigenvalue weighted by Crippen LogP contribution is 2.27. The van der Waals surface area contributed by atoms with Gasteiger partial charge in [0, 0.05) is 31.6 Å². The van der Waals surface area contributed by atoms with Crippen molar-refractivity contribution in [3.8, 4) is 0 Å². The van der Waals surface area contributed by atoms with Crippen molar-refractivity contribution >= 4 is 5.91 Å². The number of carbonyl (C=O) groups excluding carboxylic acids is 1. The highest BCUT2D eigenvalue weighted by atomic mass is 16.2. The van der Waals surface area contributed by atoms with Crippen molar-refractivity contribution in [3.63, 3.8) is 0 Å². The van der Waals surface area contributed by atoms with Gasteiger partial charge in [0.25, 0.3) is 0 Å². The van der Waals surface area contributed by atoms with Gasteiger partial charge in [-0.1, -0.05) is 32.1 Å². The number of amides is 1. The fourth-order valence-electron chi connectivity index (χ4n) is 3.57. The van der Waals surface area contributed by atoms with Crippen molar-refractivity contribution in [2.24, 2.45) is 5.92 Å². The SMILES string of the molecule is CC1NCCN(C(=O)CCCC2CCCCC2)C1C. The Morgan fingerprint density at radius 3 is 2.68 bits per heavy atom. The Bertz CT molecular complexity index is 286. The third-order valence-electron chi connectivity index (χ3n) is 5.08. The topological polar surface area (TPSA) is 32.3 Å². The molecule has 3 heteroatoms. The van der Waals surface area contributed by atoms with E-state index in [1.165, 1.54) is 38.5 Å². The summed E-state index contributed by atoms with van der Waals surface area (Å²) >= 11 is 0. The van der Waals surface area contributed by atoms with E-state index < -0.39 is 0 Å². The van der Waals surface area contributed by atoms with Crippen LogP contribution >= 0.6 is 0 Å². The van der Waals surface area contributed by atoms with Crippen molar-refractivity contribution < 1.29 is 4.79 Å². The third kappa shape index (κ3) is 4.20.